The van der Waals surface area contributed by atoms with Crippen LogP contribution in [0, 0.1) is 0 Å². The van der Waals surface area contributed by atoms with E-state index >= 15 is 0 Å². The van der Waals surface area contributed by atoms with Crippen molar-refractivity contribution in [3.63, 3.8) is 0 Å². The fraction of sp³-hybridized carbons (Fsp3) is 0.571. The van der Waals surface area contributed by atoms with Gasteiger partial charge >= 0.3 is 6.03 Å². The van der Waals surface area contributed by atoms with Gasteiger partial charge in [0.15, 0.2) is 0 Å². The molecule has 2 saturated heterocycles. The summed E-state index contributed by atoms with van der Waals surface area (Å²) >= 11 is 3.50. The fourth-order valence-corrected chi connectivity index (χ4v) is 5.27. The van der Waals surface area contributed by atoms with Gasteiger partial charge in [-0.25, -0.2) is 4.79 Å². The summed E-state index contributed by atoms with van der Waals surface area (Å²) in [6.07, 6.45) is 6.53. The molecule has 1 aromatic carbocycles. The lowest BCUT2D eigenvalue weighted by Gasteiger charge is -2.30. The second-order valence-electron chi connectivity index (χ2n) is 8.08. The maximum Gasteiger partial charge on any atom is 0.325 e. The Morgan fingerprint density at radius 1 is 1.18 bits per heavy atom. The van der Waals surface area contributed by atoms with Crippen LogP contribution in [-0.2, 0) is 9.59 Å². The van der Waals surface area contributed by atoms with E-state index in [-0.39, 0.29) is 36.9 Å². The molecule has 3 fully saturated rings. The van der Waals surface area contributed by atoms with Crippen molar-refractivity contribution in [1.82, 2.24) is 15.1 Å². The Morgan fingerprint density at radius 2 is 1.96 bits per heavy atom. The monoisotopic (exact) mass is 447 g/mol. The molecule has 1 aliphatic carbocycles. The molecule has 150 valence electrons. The first-order chi connectivity index (χ1) is 13.5. The average molecular weight is 448 g/mol. The Kier molecular flexibility index (Phi) is 5.45. The molecule has 3 aliphatic rings. The number of rotatable bonds is 4. The third kappa shape index (κ3) is 3.56. The first kappa shape index (κ1) is 19.4. The zero-order valence-corrected chi connectivity index (χ0v) is 17.5. The van der Waals surface area contributed by atoms with E-state index in [4.69, 9.17) is 0 Å². The van der Waals surface area contributed by atoms with Gasteiger partial charge in [0.05, 0.1) is 6.04 Å². The summed E-state index contributed by atoms with van der Waals surface area (Å²) in [7, 11) is 0. The van der Waals surface area contributed by atoms with Gasteiger partial charge in [-0.05, 0) is 43.4 Å². The van der Waals surface area contributed by atoms with Crippen molar-refractivity contribution in [1.29, 1.82) is 0 Å². The summed E-state index contributed by atoms with van der Waals surface area (Å²) in [5.41, 5.74) is 0.404. The molecule has 4 rings (SSSR count). The van der Waals surface area contributed by atoms with E-state index in [0.717, 1.165) is 48.7 Å². The smallest absolute Gasteiger partial charge is 0.325 e. The number of nitrogens with zero attached hydrogens (tertiary/aromatic N) is 2. The highest BCUT2D eigenvalue weighted by Crippen LogP contribution is 2.35. The standard InChI is InChI=1S/C21H26BrN3O3/c22-16-7-4-6-15(14-16)17-8-5-12-24(17)18(26)9-13-25-19(27)21(23-20(25)28)10-2-1-3-11-21/h4,6-7,14,17H,1-3,5,8-13H2,(H,23,28). The van der Waals surface area contributed by atoms with Gasteiger partial charge in [-0.2, -0.15) is 0 Å². The molecule has 1 spiro atoms. The highest BCUT2D eigenvalue weighted by atomic mass is 79.9. The zero-order valence-electron chi connectivity index (χ0n) is 16.0. The van der Waals surface area contributed by atoms with Gasteiger partial charge in [0.2, 0.25) is 5.91 Å². The second kappa shape index (κ2) is 7.85. The number of imide groups is 1. The van der Waals surface area contributed by atoms with Gasteiger partial charge in [0.25, 0.3) is 5.91 Å². The third-order valence-corrected chi connectivity index (χ3v) is 6.80. The summed E-state index contributed by atoms with van der Waals surface area (Å²) in [6, 6.07) is 7.79. The van der Waals surface area contributed by atoms with Crippen molar-refractivity contribution in [3.05, 3.63) is 34.3 Å². The normalized spacial score (nSPS) is 24.1. The molecule has 1 saturated carbocycles. The molecule has 28 heavy (non-hydrogen) atoms. The van der Waals surface area contributed by atoms with Crippen molar-refractivity contribution in [2.24, 2.45) is 0 Å². The minimum Gasteiger partial charge on any atom is -0.336 e. The van der Waals surface area contributed by atoms with Crippen molar-refractivity contribution >= 4 is 33.8 Å². The largest absolute Gasteiger partial charge is 0.336 e. The number of halogens is 1. The Hall–Kier alpha value is -1.89. The van der Waals surface area contributed by atoms with Crippen molar-refractivity contribution in [3.8, 4) is 0 Å². The molecular formula is C21H26BrN3O3. The molecule has 0 aromatic heterocycles. The van der Waals surface area contributed by atoms with Gasteiger partial charge in [-0.3, -0.25) is 14.5 Å². The van der Waals surface area contributed by atoms with Crippen LogP contribution in [0.15, 0.2) is 28.7 Å². The van der Waals surface area contributed by atoms with Crippen molar-refractivity contribution < 1.29 is 14.4 Å². The molecule has 1 unspecified atom stereocenters. The predicted molar refractivity (Wildman–Crippen MR) is 109 cm³/mol. The van der Waals surface area contributed by atoms with Crippen LogP contribution in [0.4, 0.5) is 4.79 Å². The first-order valence-electron chi connectivity index (χ1n) is 10.2. The molecular weight excluding hydrogens is 422 g/mol. The van der Waals surface area contributed by atoms with Crippen LogP contribution in [-0.4, -0.2) is 46.3 Å². The van der Waals surface area contributed by atoms with E-state index in [9.17, 15) is 14.4 Å². The minimum absolute atomic E-state index is 0.00710. The predicted octanol–water partition coefficient (Wildman–Crippen LogP) is 3.76. The van der Waals surface area contributed by atoms with E-state index < -0.39 is 5.54 Å². The van der Waals surface area contributed by atoms with Crippen LogP contribution in [0.2, 0.25) is 0 Å². The van der Waals surface area contributed by atoms with Crippen molar-refractivity contribution in [2.75, 3.05) is 13.1 Å². The Bertz CT molecular complexity index is 791. The molecule has 1 atom stereocenters. The van der Waals surface area contributed by atoms with E-state index in [0.29, 0.717) is 12.8 Å². The summed E-state index contributed by atoms with van der Waals surface area (Å²) in [6.45, 7) is 0.882. The van der Waals surface area contributed by atoms with Crippen LogP contribution >= 0.6 is 15.9 Å². The quantitative estimate of drug-likeness (QED) is 0.714. The van der Waals surface area contributed by atoms with Gasteiger partial charge in [-0.15, -0.1) is 0 Å². The highest BCUT2D eigenvalue weighted by Gasteiger charge is 2.51. The topological polar surface area (TPSA) is 69.7 Å². The molecule has 2 aliphatic heterocycles. The second-order valence-corrected chi connectivity index (χ2v) is 9.00. The van der Waals surface area contributed by atoms with Crippen molar-refractivity contribution in [2.45, 2.75) is 62.9 Å². The number of nitrogens with one attached hydrogen (secondary N) is 1. The molecule has 4 amide bonds. The first-order valence-corrected chi connectivity index (χ1v) is 11.0. The number of urea groups is 1. The summed E-state index contributed by atoms with van der Waals surface area (Å²) < 4.78 is 1.00. The van der Waals surface area contributed by atoms with Crippen LogP contribution in [0.25, 0.3) is 0 Å². The number of carbonyl (C=O) groups is 3. The molecule has 7 heteroatoms. The number of hydrogen-bond acceptors (Lipinski definition) is 3. The van der Waals surface area contributed by atoms with Crippen LogP contribution < -0.4 is 5.32 Å². The van der Waals surface area contributed by atoms with E-state index in [1.54, 1.807) is 0 Å². The maximum absolute atomic E-state index is 12.9. The number of carbonyl (C=O) groups excluding carboxylic acids is 3. The molecule has 2 heterocycles. The zero-order chi connectivity index (χ0) is 19.7. The Labute approximate surface area is 173 Å². The Morgan fingerprint density at radius 3 is 2.71 bits per heavy atom. The maximum atomic E-state index is 12.9. The van der Waals surface area contributed by atoms with Crippen LogP contribution in [0.5, 0.6) is 0 Å². The molecule has 0 radical (unpaired) electrons. The van der Waals surface area contributed by atoms with Gasteiger partial charge < -0.3 is 10.2 Å². The number of amides is 4. The summed E-state index contributed by atoms with van der Waals surface area (Å²) in [5.74, 6) is -0.136. The van der Waals surface area contributed by atoms with Gasteiger partial charge in [0.1, 0.15) is 5.54 Å². The van der Waals surface area contributed by atoms with Gasteiger partial charge in [-0.1, -0.05) is 47.3 Å². The minimum atomic E-state index is -0.717. The van der Waals surface area contributed by atoms with Crippen LogP contribution in [0.1, 0.15) is 63.0 Å². The average Bonchev–Trinajstić information content (AvgIpc) is 3.25. The van der Waals surface area contributed by atoms with E-state index in [2.05, 4.69) is 27.3 Å². The van der Waals surface area contributed by atoms with E-state index in [1.807, 2.05) is 23.1 Å². The molecule has 1 N–H and O–H groups in total. The lowest BCUT2D eigenvalue weighted by molar-refractivity contribution is -0.134. The Balaban J connectivity index is 1.40. The number of hydrogen-bond donors (Lipinski definition) is 1. The fourth-order valence-electron chi connectivity index (χ4n) is 4.85. The lowest BCUT2D eigenvalue weighted by Crippen LogP contribution is -2.48. The summed E-state index contributed by atoms with van der Waals surface area (Å²) in [4.78, 5) is 41.3. The third-order valence-electron chi connectivity index (χ3n) is 6.31. The number of benzene rings is 1. The summed E-state index contributed by atoms with van der Waals surface area (Å²) in [5, 5.41) is 2.91. The lowest BCUT2D eigenvalue weighted by atomic mass is 9.82. The SMILES string of the molecule is O=C1NC2(CCCCC2)C(=O)N1CCC(=O)N1CCCC1c1cccc(Br)c1. The van der Waals surface area contributed by atoms with Gasteiger partial charge in [0, 0.05) is 24.0 Å². The van der Waals surface area contributed by atoms with E-state index in [1.165, 1.54) is 4.90 Å². The highest BCUT2D eigenvalue weighted by molar-refractivity contribution is 9.10. The molecule has 0 bridgehead atoms. The van der Waals surface area contributed by atoms with Crippen LogP contribution in [0.3, 0.4) is 0 Å². The molecule has 6 nitrogen and oxygen atoms in total. The molecule has 1 aromatic rings. The number of likely N-dealkylation sites (tertiary alicyclic amines) is 1.